The zero-order valence-electron chi connectivity index (χ0n) is 15.3. The van der Waals surface area contributed by atoms with Gasteiger partial charge in [-0.15, -0.1) is 0 Å². The Morgan fingerprint density at radius 2 is 1.89 bits per heavy atom. The third-order valence-corrected chi connectivity index (χ3v) is 4.24. The lowest BCUT2D eigenvalue weighted by Gasteiger charge is -2.28. The number of urea groups is 1. The van der Waals surface area contributed by atoms with Crippen LogP contribution in [0.2, 0.25) is 0 Å². The van der Waals surface area contributed by atoms with Gasteiger partial charge in [-0.05, 0) is 30.7 Å². The summed E-state index contributed by atoms with van der Waals surface area (Å²) in [4.78, 5) is 52.8. The molecule has 3 rings (SSSR count). The SMILES string of the molecule is CC(=O)Nc1cccc(NC(=O)CCCN2C(=O)N=C3C=CC=CC3C2=O)c1. The number of carbonyl (C=O) groups excluding carboxylic acids is 4. The number of benzene rings is 1. The standard InChI is InChI=1S/C20H20N4O4/c1-13(25)21-14-6-4-7-15(12-14)22-18(26)10-5-11-24-19(27)16-8-2-3-9-17(16)23-20(24)28/h2-4,6-9,12,16H,5,10-11H2,1H3,(H,21,25)(H,22,26). The summed E-state index contributed by atoms with van der Waals surface area (Å²) in [5, 5.41) is 5.38. The third kappa shape index (κ3) is 4.59. The summed E-state index contributed by atoms with van der Waals surface area (Å²) >= 11 is 0. The first kappa shape index (κ1) is 19.2. The smallest absolute Gasteiger partial charge is 0.326 e. The number of imide groups is 1. The zero-order chi connectivity index (χ0) is 20.1. The van der Waals surface area contributed by atoms with Gasteiger partial charge in [0.25, 0.3) is 0 Å². The van der Waals surface area contributed by atoms with Crippen LogP contribution < -0.4 is 10.6 Å². The van der Waals surface area contributed by atoms with Crippen molar-refractivity contribution in [1.29, 1.82) is 0 Å². The second kappa shape index (κ2) is 8.43. The number of fused-ring (bicyclic) bond motifs is 1. The number of carbonyl (C=O) groups is 4. The number of nitrogens with zero attached hydrogens (tertiary/aromatic N) is 2. The number of amides is 5. The minimum absolute atomic E-state index is 0.127. The molecule has 0 bridgehead atoms. The highest BCUT2D eigenvalue weighted by Crippen LogP contribution is 2.20. The Morgan fingerprint density at radius 3 is 2.64 bits per heavy atom. The first-order valence-electron chi connectivity index (χ1n) is 8.90. The lowest BCUT2D eigenvalue weighted by Crippen LogP contribution is -2.46. The summed E-state index contributed by atoms with van der Waals surface area (Å²) in [6, 6.07) is 6.19. The molecule has 1 aromatic rings. The molecule has 0 fully saturated rings. The minimum atomic E-state index is -0.598. The lowest BCUT2D eigenvalue weighted by atomic mass is 9.95. The molecule has 1 heterocycles. The number of allylic oxidation sites excluding steroid dienone is 3. The maximum absolute atomic E-state index is 12.5. The van der Waals surface area contributed by atoms with Gasteiger partial charge in [0.15, 0.2) is 0 Å². The Balaban J connectivity index is 1.52. The molecule has 144 valence electrons. The summed E-state index contributed by atoms with van der Waals surface area (Å²) < 4.78 is 0. The van der Waals surface area contributed by atoms with E-state index in [1.54, 1.807) is 48.6 Å². The van der Waals surface area contributed by atoms with Gasteiger partial charge in [-0.25, -0.2) is 4.79 Å². The van der Waals surface area contributed by atoms with Crippen LogP contribution >= 0.6 is 0 Å². The van der Waals surface area contributed by atoms with Crippen LogP contribution in [0.15, 0.2) is 53.6 Å². The van der Waals surface area contributed by atoms with Gasteiger partial charge in [0.1, 0.15) is 0 Å². The van der Waals surface area contributed by atoms with E-state index in [1.165, 1.54) is 6.92 Å². The Kier molecular flexibility index (Phi) is 5.78. The summed E-state index contributed by atoms with van der Waals surface area (Å²) in [6.45, 7) is 1.53. The molecule has 2 N–H and O–H groups in total. The third-order valence-electron chi connectivity index (χ3n) is 4.24. The highest BCUT2D eigenvalue weighted by Gasteiger charge is 2.35. The molecule has 5 amide bonds. The van der Waals surface area contributed by atoms with E-state index >= 15 is 0 Å². The zero-order valence-corrected chi connectivity index (χ0v) is 15.3. The number of hydrogen-bond donors (Lipinski definition) is 2. The van der Waals surface area contributed by atoms with Crippen molar-refractivity contribution in [2.24, 2.45) is 10.9 Å². The number of anilines is 2. The van der Waals surface area contributed by atoms with Crippen LogP contribution in [0.5, 0.6) is 0 Å². The van der Waals surface area contributed by atoms with Crippen LogP contribution in [0.1, 0.15) is 19.8 Å². The van der Waals surface area contributed by atoms with E-state index in [2.05, 4.69) is 15.6 Å². The fraction of sp³-hybridized carbons (Fsp3) is 0.250. The molecular formula is C20H20N4O4. The molecule has 28 heavy (non-hydrogen) atoms. The van der Waals surface area contributed by atoms with Crippen LogP contribution in [-0.4, -0.2) is 40.9 Å². The van der Waals surface area contributed by atoms with Crippen molar-refractivity contribution < 1.29 is 19.2 Å². The Hall–Kier alpha value is -3.55. The first-order chi connectivity index (χ1) is 13.4. The van der Waals surface area contributed by atoms with Gasteiger partial charge in [0.2, 0.25) is 17.7 Å². The maximum atomic E-state index is 12.5. The van der Waals surface area contributed by atoms with Crippen LogP contribution in [0.4, 0.5) is 16.2 Å². The van der Waals surface area contributed by atoms with E-state index < -0.39 is 11.9 Å². The predicted octanol–water partition coefficient (Wildman–Crippen LogP) is 2.51. The van der Waals surface area contributed by atoms with E-state index in [0.717, 1.165) is 4.90 Å². The van der Waals surface area contributed by atoms with E-state index in [9.17, 15) is 19.2 Å². The maximum Gasteiger partial charge on any atom is 0.350 e. The second-order valence-corrected chi connectivity index (χ2v) is 6.44. The van der Waals surface area contributed by atoms with Crippen molar-refractivity contribution in [2.45, 2.75) is 19.8 Å². The van der Waals surface area contributed by atoms with E-state index in [1.807, 2.05) is 0 Å². The summed E-state index contributed by atoms with van der Waals surface area (Å²) in [6.07, 6.45) is 7.30. The molecule has 1 aliphatic carbocycles. The average molecular weight is 380 g/mol. The Labute approximate surface area is 162 Å². The molecule has 8 nitrogen and oxygen atoms in total. The molecule has 0 radical (unpaired) electrons. The summed E-state index contributed by atoms with van der Waals surface area (Å²) in [7, 11) is 0. The highest BCUT2D eigenvalue weighted by molar-refractivity contribution is 6.21. The molecule has 1 aliphatic heterocycles. The van der Waals surface area contributed by atoms with Gasteiger partial charge in [-0.2, -0.15) is 4.99 Å². The minimum Gasteiger partial charge on any atom is -0.326 e. The number of aliphatic imine (C=N–C) groups is 1. The van der Waals surface area contributed by atoms with Crippen molar-refractivity contribution in [3.8, 4) is 0 Å². The number of hydrogen-bond acceptors (Lipinski definition) is 4. The molecular weight excluding hydrogens is 360 g/mol. The van der Waals surface area contributed by atoms with Crippen LogP contribution in [-0.2, 0) is 14.4 Å². The molecule has 1 aromatic carbocycles. The van der Waals surface area contributed by atoms with Crippen LogP contribution in [0.3, 0.4) is 0 Å². The molecule has 8 heteroatoms. The predicted molar refractivity (Wildman–Crippen MR) is 105 cm³/mol. The lowest BCUT2D eigenvalue weighted by molar-refractivity contribution is -0.129. The molecule has 0 saturated heterocycles. The molecule has 1 unspecified atom stereocenters. The Bertz CT molecular complexity index is 917. The molecule has 2 aliphatic rings. The number of nitrogens with one attached hydrogen (secondary N) is 2. The first-order valence-corrected chi connectivity index (χ1v) is 8.90. The molecule has 1 atom stereocenters. The highest BCUT2D eigenvalue weighted by atomic mass is 16.2. The van der Waals surface area contributed by atoms with Gasteiger partial charge in [-0.1, -0.05) is 24.3 Å². The fourth-order valence-electron chi connectivity index (χ4n) is 2.99. The Morgan fingerprint density at radius 1 is 1.14 bits per heavy atom. The van der Waals surface area contributed by atoms with E-state index in [0.29, 0.717) is 23.5 Å². The van der Waals surface area contributed by atoms with E-state index in [-0.39, 0.29) is 30.7 Å². The largest absolute Gasteiger partial charge is 0.350 e. The molecule has 0 aromatic heterocycles. The topological polar surface area (TPSA) is 108 Å². The van der Waals surface area contributed by atoms with Gasteiger partial charge in [-0.3, -0.25) is 19.3 Å². The summed E-state index contributed by atoms with van der Waals surface area (Å²) in [5.41, 5.74) is 1.58. The van der Waals surface area contributed by atoms with Gasteiger partial charge in [0.05, 0.1) is 11.6 Å². The van der Waals surface area contributed by atoms with Crippen LogP contribution in [0.25, 0.3) is 0 Å². The summed E-state index contributed by atoms with van der Waals surface area (Å²) in [5.74, 6) is -1.30. The van der Waals surface area contributed by atoms with Crippen molar-refractivity contribution in [1.82, 2.24) is 4.90 Å². The second-order valence-electron chi connectivity index (χ2n) is 6.44. The fourth-order valence-corrected chi connectivity index (χ4v) is 2.99. The average Bonchev–Trinajstić information content (AvgIpc) is 2.64. The molecule has 0 spiro atoms. The normalized spacial score (nSPS) is 17.8. The van der Waals surface area contributed by atoms with Crippen molar-refractivity contribution in [3.05, 3.63) is 48.6 Å². The van der Waals surface area contributed by atoms with Crippen molar-refractivity contribution in [3.63, 3.8) is 0 Å². The van der Waals surface area contributed by atoms with Gasteiger partial charge < -0.3 is 10.6 Å². The quantitative estimate of drug-likeness (QED) is 0.790. The molecule has 0 saturated carbocycles. The van der Waals surface area contributed by atoms with Gasteiger partial charge in [0, 0.05) is 31.3 Å². The van der Waals surface area contributed by atoms with E-state index in [4.69, 9.17) is 0 Å². The number of rotatable bonds is 6. The van der Waals surface area contributed by atoms with Crippen molar-refractivity contribution >= 4 is 40.8 Å². The van der Waals surface area contributed by atoms with Crippen molar-refractivity contribution in [2.75, 3.05) is 17.2 Å². The van der Waals surface area contributed by atoms with Crippen LogP contribution in [0, 0.1) is 5.92 Å². The monoisotopic (exact) mass is 380 g/mol. The van der Waals surface area contributed by atoms with Gasteiger partial charge >= 0.3 is 6.03 Å².